The summed E-state index contributed by atoms with van der Waals surface area (Å²) in [4.78, 5) is 17.5. The van der Waals surface area contributed by atoms with Gasteiger partial charge >= 0.3 is 0 Å². The van der Waals surface area contributed by atoms with Crippen LogP contribution in [-0.4, -0.2) is 20.4 Å². The Balaban J connectivity index is 1.66. The minimum atomic E-state index is 0.0720. The lowest BCUT2D eigenvalue weighted by Crippen LogP contribution is -2.22. The number of halogens is 2. The fourth-order valence-corrected chi connectivity index (χ4v) is 4.48. The smallest absolute Gasteiger partial charge is 0.166 e. The molecule has 2 aromatic carbocycles. The van der Waals surface area contributed by atoms with Gasteiger partial charge in [-0.2, -0.15) is 5.10 Å². The molecule has 6 heteroatoms. The zero-order valence-corrected chi connectivity index (χ0v) is 17.2. The van der Waals surface area contributed by atoms with E-state index in [0.717, 1.165) is 33.7 Å². The number of aryl methyl sites for hydroxylation is 1. The van der Waals surface area contributed by atoms with Crippen molar-refractivity contribution < 1.29 is 4.79 Å². The third-order valence-electron chi connectivity index (χ3n) is 5.54. The highest BCUT2D eigenvalue weighted by Crippen LogP contribution is 2.36. The molecule has 2 heterocycles. The van der Waals surface area contributed by atoms with E-state index in [2.05, 4.69) is 4.98 Å². The number of nitrogens with zero attached hydrogens (tertiary/aromatic N) is 3. The third-order valence-corrected chi connectivity index (χ3v) is 6.03. The molecule has 0 fully saturated rings. The number of carbonyl (C=O) groups excluding carboxylic acids is 1. The molecule has 2 aromatic heterocycles. The molecule has 0 saturated carbocycles. The van der Waals surface area contributed by atoms with E-state index >= 15 is 0 Å². The summed E-state index contributed by atoms with van der Waals surface area (Å²) in [6, 6.07) is 15.4. The number of Topliss-reactive ketones (excluding diaryl/α,β-unsaturated/α-hetero) is 1. The number of benzene rings is 2. The molecule has 0 aliphatic heterocycles. The molecule has 0 spiro atoms. The van der Waals surface area contributed by atoms with Gasteiger partial charge in [0, 0.05) is 28.2 Å². The van der Waals surface area contributed by atoms with Gasteiger partial charge in [0.15, 0.2) is 11.4 Å². The summed E-state index contributed by atoms with van der Waals surface area (Å²) < 4.78 is 1.84. The molecule has 4 nitrogen and oxygen atoms in total. The van der Waals surface area contributed by atoms with Gasteiger partial charge in [-0.15, -0.1) is 0 Å². The lowest BCUT2D eigenvalue weighted by Gasteiger charge is -2.24. The van der Waals surface area contributed by atoms with Crippen LogP contribution in [-0.2, 0) is 6.42 Å². The van der Waals surface area contributed by atoms with Gasteiger partial charge in [0.2, 0.25) is 0 Å². The fraction of sp³-hybridized carbons (Fsp3) is 0.174. The van der Waals surface area contributed by atoms with E-state index in [1.165, 1.54) is 0 Å². The second kappa shape index (κ2) is 6.97. The Morgan fingerprint density at radius 2 is 1.83 bits per heavy atom. The van der Waals surface area contributed by atoms with Crippen LogP contribution in [0.3, 0.4) is 0 Å². The third kappa shape index (κ3) is 3.13. The molecule has 0 radical (unpaired) electrons. The normalized spacial score (nSPS) is 16.2. The Bertz CT molecular complexity index is 1260. The van der Waals surface area contributed by atoms with E-state index in [1.807, 2.05) is 60.0 Å². The second-order valence-corrected chi connectivity index (χ2v) is 8.28. The number of rotatable bonds is 2. The molecule has 0 amide bonds. The first-order valence-electron chi connectivity index (χ1n) is 9.43. The van der Waals surface area contributed by atoms with Crippen molar-refractivity contribution in [1.82, 2.24) is 14.6 Å². The van der Waals surface area contributed by atoms with Crippen molar-refractivity contribution in [2.75, 3.05) is 0 Å². The topological polar surface area (TPSA) is 47.3 Å². The van der Waals surface area contributed by atoms with Crippen molar-refractivity contribution in [3.05, 3.63) is 87.3 Å². The van der Waals surface area contributed by atoms with Gasteiger partial charge in [0.05, 0.1) is 17.0 Å². The van der Waals surface area contributed by atoms with Crippen LogP contribution in [0.25, 0.3) is 16.8 Å². The van der Waals surface area contributed by atoms with Crippen molar-refractivity contribution in [2.24, 2.45) is 0 Å². The average Bonchev–Trinajstić information content (AvgIpc) is 3.05. The van der Waals surface area contributed by atoms with Crippen molar-refractivity contribution in [3.63, 3.8) is 0 Å². The minimum Gasteiger partial charge on any atom is -0.294 e. The first-order chi connectivity index (χ1) is 14.0. The van der Waals surface area contributed by atoms with E-state index in [9.17, 15) is 4.79 Å². The van der Waals surface area contributed by atoms with Gasteiger partial charge in [0.25, 0.3) is 0 Å². The van der Waals surface area contributed by atoms with Crippen LogP contribution < -0.4 is 0 Å². The summed E-state index contributed by atoms with van der Waals surface area (Å²) >= 11 is 12.2. The van der Waals surface area contributed by atoms with E-state index < -0.39 is 0 Å². The summed E-state index contributed by atoms with van der Waals surface area (Å²) in [5.74, 6) is 0.162. The molecule has 29 heavy (non-hydrogen) atoms. The van der Waals surface area contributed by atoms with Crippen molar-refractivity contribution >= 4 is 34.6 Å². The summed E-state index contributed by atoms with van der Waals surface area (Å²) in [7, 11) is 0. The highest BCUT2D eigenvalue weighted by atomic mass is 35.5. The number of fused-ring (bicyclic) bond motifs is 3. The van der Waals surface area contributed by atoms with Crippen LogP contribution in [0.4, 0.5) is 0 Å². The van der Waals surface area contributed by atoms with Crippen LogP contribution in [0.2, 0.25) is 10.0 Å². The molecule has 0 N–H and O–H groups in total. The SMILES string of the molecule is Cc1nn2c3c(cnc2c1-c1ccc(Cl)cc1)C(=O)C[C@@H](c1cccc(Cl)c1)C3. The lowest BCUT2D eigenvalue weighted by molar-refractivity contribution is 0.0962. The number of hydrogen-bond acceptors (Lipinski definition) is 3. The summed E-state index contributed by atoms with van der Waals surface area (Å²) in [6.45, 7) is 1.96. The maximum Gasteiger partial charge on any atom is 0.166 e. The number of aromatic nitrogens is 3. The monoisotopic (exact) mass is 421 g/mol. The molecule has 0 saturated heterocycles. The second-order valence-electron chi connectivity index (χ2n) is 7.40. The zero-order chi connectivity index (χ0) is 20.1. The van der Waals surface area contributed by atoms with Gasteiger partial charge in [-0.1, -0.05) is 47.5 Å². The first-order valence-corrected chi connectivity index (χ1v) is 10.2. The highest BCUT2D eigenvalue weighted by Gasteiger charge is 2.30. The lowest BCUT2D eigenvalue weighted by atomic mass is 9.82. The molecule has 0 unspecified atom stereocenters. The fourth-order valence-electron chi connectivity index (χ4n) is 4.16. The molecule has 1 aliphatic carbocycles. The van der Waals surface area contributed by atoms with Gasteiger partial charge in [0.1, 0.15) is 0 Å². The van der Waals surface area contributed by atoms with Gasteiger partial charge in [-0.3, -0.25) is 4.79 Å². The van der Waals surface area contributed by atoms with Crippen LogP contribution in [0, 0.1) is 6.92 Å². The quantitative estimate of drug-likeness (QED) is 0.403. The predicted molar refractivity (Wildman–Crippen MR) is 115 cm³/mol. The Morgan fingerprint density at radius 3 is 2.59 bits per heavy atom. The number of carbonyl (C=O) groups is 1. The van der Waals surface area contributed by atoms with Gasteiger partial charge < -0.3 is 0 Å². The maximum atomic E-state index is 12.9. The zero-order valence-electron chi connectivity index (χ0n) is 15.7. The maximum absolute atomic E-state index is 12.9. The van der Waals surface area contributed by atoms with Crippen LogP contribution in [0.1, 0.15) is 39.6 Å². The van der Waals surface area contributed by atoms with E-state index in [0.29, 0.717) is 28.5 Å². The Labute approximate surface area is 178 Å². The Morgan fingerprint density at radius 1 is 1.03 bits per heavy atom. The minimum absolute atomic E-state index is 0.0720. The molecule has 1 atom stereocenters. The van der Waals surface area contributed by atoms with E-state index in [-0.39, 0.29) is 11.7 Å². The van der Waals surface area contributed by atoms with Crippen molar-refractivity contribution in [3.8, 4) is 11.1 Å². The largest absolute Gasteiger partial charge is 0.294 e. The highest BCUT2D eigenvalue weighted by molar-refractivity contribution is 6.30. The number of hydrogen-bond donors (Lipinski definition) is 0. The molecule has 1 aliphatic rings. The van der Waals surface area contributed by atoms with Crippen LogP contribution in [0.15, 0.2) is 54.7 Å². The summed E-state index contributed by atoms with van der Waals surface area (Å²) in [5.41, 5.74) is 6.21. The molecule has 144 valence electrons. The van der Waals surface area contributed by atoms with Gasteiger partial charge in [-0.25, -0.2) is 9.50 Å². The molecule has 5 rings (SSSR count). The van der Waals surface area contributed by atoms with Crippen LogP contribution >= 0.6 is 23.2 Å². The molecular weight excluding hydrogens is 405 g/mol. The predicted octanol–water partition coefficient (Wildman–Crippen LogP) is 5.92. The van der Waals surface area contributed by atoms with Crippen LogP contribution in [0.5, 0.6) is 0 Å². The van der Waals surface area contributed by atoms with Crippen molar-refractivity contribution in [2.45, 2.75) is 25.7 Å². The number of ketones is 1. The molecule has 4 aromatic rings. The molecule has 0 bridgehead atoms. The molecular formula is C23H17Cl2N3O. The Hall–Kier alpha value is -2.69. The first kappa shape index (κ1) is 18.3. The average molecular weight is 422 g/mol. The standard InChI is InChI=1S/C23H17Cl2N3O/c1-13-22(14-5-7-17(24)8-6-14)23-26-12-19-20(28(23)27-13)10-16(11-21(19)29)15-3-2-4-18(25)9-15/h2-9,12,16H,10-11H2,1H3/t16-/m0/s1. The van der Waals surface area contributed by atoms with Gasteiger partial charge in [-0.05, 0) is 54.7 Å². The Kier molecular flexibility index (Phi) is 4.41. The van der Waals surface area contributed by atoms with E-state index in [1.54, 1.807) is 6.20 Å². The summed E-state index contributed by atoms with van der Waals surface area (Å²) in [6.07, 6.45) is 2.86. The summed E-state index contributed by atoms with van der Waals surface area (Å²) in [5, 5.41) is 6.11. The van der Waals surface area contributed by atoms with E-state index in [4.69, 9.17) is 28.3 Å². The van der Waals surface area contributed by atoms with Crippen molar-refractivity contribution in [1.29, 1.82) is 0 Å².